The summed E-state index contributed by atoms with van der Waals surface area (Å²) in [5.74, 6) is 1.06. The van der Waals surface area contributed by atoms with Crippen LogP contribution in [0.4, 0.5) is 5.82 Å². The van der Waals surface area contributed by atoms with Gasteiger partial charge in [0.15, 0.2) is 0 Å². The lowest BCUT2D eigenvalue weighted by Crippen LogP contribution is -2.23. The van der Waals surface area contributed by atoms with E-state index in [1.54, 1.807) is 0 Å². The van der Waals surface area contributed by atoms with Gasteiger partial charge in [0.25, 0.3) is 0 Å². The van der Waals surface area contributed by atoms with Crippen LogP contribution in [-0.2, 0) is 0 Å². The van der Waals surface area contributed by atoms with Crippen LogP contribution in [-0.4, -0.2) is 23.1 Å². The van der Waals surface area contributed by atoms with Crippen molar-refractivity contribution in [1.82, 2.24) is 9.97 Å². The molecule has 0 saturated heterocycles. The van der Waals surface area contributed by atoms with Crippen molar-refractivity contribution in [2.75, 3.05) is 18.0 Å². The molecule has 3 heteroatoms. The monoisotopic (exact) mass is 253 g/mol. The molecule has 0 aliphatic heterocycles. The van der Waals surface area contributed by atoms with Crippen molar-refractivity contribution < 1.29 is 0 Å². The summed E-state index contributed by atoms with van der Waals surface area (Å²) in [6.07, 6.45) is 0. The quantitative estimate of drug-likeness (QED) is 0.768. The smallest absolute Gasteiger partial charge is 0.130 e. The first-order valence-corrected chi connectivity index (χ1v) is 6.87. The third-order valence-electron chi connectivity index (χ3n) is 3.74. The van der Waals surface area contributed by atoms with Crippen molar-refractivity contribution in [3.8, 4) is 0 Å². The second kappa shape index (κ2) is 4.57. The van der Waals surface area contributed by atoms with Gasteiger partial charge in [-0.2, -0.15) is 0 Å². The Bertz CT molecular complexity index is 723. The number of H-pyrrole nitrogens is 1. The van der Waals surface area contributed by atoms with Gasteiger partial charge in [0.2, 0.25) is 0 Å². The molecule has 3 aromatic rings. The van der Waals surface area contributed by atoms with Crippen molar-refractivity contribution in [3.63, 3.8) is 0 Å². The van der Waals surface area contributed by atoms with E-state index in [0.29, 0.717) is 0 Å². The second-order valence-electron chi connectivity index (χ2n) is 4.83. The number of nitrogens with zero attached hydrogens (tertiary/aromatic N) is 2. The van der Waals surface area contributed by atoms with Crippen LogP contribution in [0.2, 0.25) is 0 Å². The molecule has 0 aliphatic rings. The topological polar surface area (TPSA) is 31.9 Å². The third-order valence-corrected chi connectivity index (χ3v) is 3.74. The van der Waals surface area contributed by atoms with Gasteiger partial charge in [0, 0.05) is 41.1 Å². The summed E-state index contributed by atoms with van der Waals surface area (Å²) in [7, 11) is 0. The zero-order valence-corrected chi connectivity index (χ0v) is 11.7. The zero-order valence-electron chi connectivity index (χ0n) is 11.7. The predicted octanol–water partition coefficient (Wildman–Crippen LogP) is 3.87. The molecule has 0 spiro atoms. The molecule has 0 bridgehead atoms. The Morgan fingerprint density at radius 3 is 2.58 bits per heavy atom. The standard InChI is InChI=1S/C16H19N3/c1-4-19(5-2)15-10-14-16(11(3)17-15)12-8-6-7-9-13(12)18-14/h6-10,18H,4-5H2,1-3H3. The molecule has 0 aliphatic carbocycles. The van der Waals surface area contributed by atoms with E-state index in [2.05, 4.69) is 61.0 Å². The molecule has 0 amide bonds. The highest BCUT2D eigenvalue weighted by Gasteiger charge is 2.11. The maximum absolute atomic E-state index is 4.77. The minimum Gasteiger partial charge on any atom is -0.357 e. The highest BCUT2D eigenvalue weighted by Crippen LogP contribution is 2.29. The van der Waals surface area contributed by atoms with Crippen molar-refractivity contribution in [1.29, 1.82) is 0 Å². The van der Waals surface area contributed by atoms with E-state index in [4.69, 9.17) is 4.98 Å². The van der Waals surface area contributed by atoms with E-state index in [1.165, 1.54) is 21.8 Å². The van der Waals surface area contributed by atoms with Crippen LogP contribution in [0.15, 0.2) is 30.3 Å². The van der Waals surface area contributed by atoms with Gasteiger partial charge in [-0.05, 0) is 26.8 Å². The average molecular weight is 253 g/mol. The molecular weight excluding hydrogens is 234 g/mol. The largest absolute Gasteiger partial charge is 0.357 e. The fourth-order valence-corrected chi connectivity index (χ4v) is 2.76. The van der Waals surface area contributed by atoms with E-state index < -0.39 is 0 Å². The predicted molar refractivity (Wildman–Crippen MR) is 81.9 cm³/mol. The summed E-state index contributed by atoms with van der Waals surface area (Å²) in [4.78, 5) is 10.5. The first kappa shape index (κ1) is 12.0. The number of pyridine rings is 1. The fraction of sp³-hybridized carbons (Fsp3) is 0.312. The van der Waals surface area contributed by atoms with Gasteiger partial charge in [-0.15, -0.1) is 0 Å². The van der Waals surface area contributed by atoms with Crippen LogP contribution >= 0.6 is 0 Å². The average Bonchev–Trinajstić information content (AvgIpc) is 2.78. The Balaban J connectivity index is 2.29. The number of hydrogen-bond donors (Lipinski definition) is 1. The lowest BCUT2D eigenvalue weighted by molar-refractivity contribution is 0.844. The van der Waals surface area contributed by atoms with Crippen molar-refractivity contribution >= 4 is 27.6 Å². The van der Waals surface area contributed by atoms with Gasteiger partial charge >= 0.3 is 0 Å². The number of benzene rings is 1. The van der Waals surface area contributed by atoms with Gasteiger partial charge in [0.05, 0.1) is 5.52 Å². The zero-order chi connectivity index (χ0) is 13.4. The molecule has 98 valence electrons. The molecule has 19 heavy (non-hydrogen) atoms. The SMILES string of the molecule is CCN(CC)c1cc2[nH]c3ccccc3c2c(C)n1. The minimum atomic E-state index is 0.981. The van der Waals surface area contributed by atoms with E-state index in [0.717, 1.165) is 24.6 Å². The molecular formula is C16H19N3. The van der Waals surface area contributed by atoms with Crippen LogP contribution in [0.5, 0.6) is 0 Å². The lowest BCUT2D eigenvalue weighted by Gasteiger charge is -2.20. The van der Waals surface area contributed by atoms with E-state index in [-0.39, 0.29) is 0 Å². The molecule has 3 rings (SSSR count). The van der Waals surface area contributed by atoms with Gasteiger partial charge < -0.3 is 9.88 Å². The Morgan fingerprint density at radius 2 is 1.84 bits per heavy atom. The van der Waals surface area contributed by atoms with Crippen LogP contribution < -0.4 is 4.90 Å². The number of para-hydroxylation sites is 1. The molecule has 0 unspecified atom stereocenters. The molecule has 1 N–H and O–H groups in total. The maximum atomic E-state index is 4.77. The van der Waals surface area contributed by atoms with Crippen LogP contribution in [0.3, 0.4) is 0 Å². The van der Waals surface area contributed by atoms with Gasteiger partial charge in [-0.25, -0.2) is 4.98 Å². The van der Waals surface area contributed by atoms with E-state index in [9.17, 15) is 0 Å². The summed E-state index contributed by atoms with van der Waals surface area (Å²) in [5.41, 5.74) is 3.45. The molecule has 0 saturated carbocycles. The van der Waals surface area contributed by atoms with Crippen LogP contribution in [0.1, 0.15) is 19.5 Å². The van der Waals surface area contributed by atoms with Crippen LogP contribution in [0.25, 0.3) is 21.8 Å². The lowest BCUT2D eigenvalue weighted by atomic mass is 10.1. The highest BCUT2D eigenvalue weighted by atomic mass is 15.2. The third kappa shape index (κ3) is 1.86. The molecule has 3 nitrogen and oxygen atoms in total. The minimum absolute atomic E-state index is 0.981. The second-order valence-corrected chi connectivity index (χ2v) is 4.83. The Morgan fingerprint density at radius 1 is 1.11 bits per heavy atom. The Hall–Kier alpha value is -2.03. The number of aromatic nitrogens is 2. The molecule has 0 radical (unpaired) electrons. The number of hydrogen-bond acceptors (Lipinski definition) is 2. The summed E-state index contributed by atoms with van der Waals surface area (Å²) >= 11 is 0. The first-order chi connectivity index (χ1) is 9.24. The number of anilines is 1. The van der Waals surface area contributed by atoms with Crippen LogP contribution in [0, 0.1) is 6.92 Å². The van der Waals surface area contributed by atoms with Crippen molar-refractivity contribution in [3.05, 3.63) is 36.0 Å². The molecule has 2 aromatic heterocycles. The number of aryl methyl sites for hydroxylation is 1. The summed E-state index contributed by atoms with van der Waals surface area (Å²) < 4.78 is 0. The Labute approximate surface area is 113 Å². The fourth-order valence-electron chi connectivity index (χ4n) is 2.76. The highest BCUT2D eigenvalue weighted by molar-refractivity contribution is 6.08. The number of fused-ring (bicyclic) bond motifs is 3. The first-order valence-electron chi connectivity index (χ1n) is 6.87. The number of rotatable bonds is 3. The molecule has 0 atom stereocenters. The van der Waals surface area contributed by atoms with Gasteiger partial charge in [-0.1, -0.05) is 18.2 Å². The van der Waals surface area contributed by atoms with Crippen molar-refractivity contribution in [2.45, 2.75) is 20.8 Å². The van der Waals surface area contributed by atoms with Crippen molar-refractivity contribution in [2.24, 2.45) is 0 Å². The number of nitrogens with one attached hydrogen (secondary N) is 1. The van der Waals surface area contributed by atoms with E-state index in [1.807, 2.05) is 0 Å². The summed E-state index contributed by atoms with van der Waals surface area (Å²) in [5, 5.41) is 2.50. The maximum Gasteiger partial charge on any atom is 0.130 e. The van der Waals surface area contributed by atoms with Gasteiger partial charge in [-0.3, -0.25) is 0 Å². The van der Waals surface area contributed by atoms with Gasteiger partial charge in [0.1, 0.15) is 5.82 Å². The van der Waals surface area contributed by atoms with E-state index >= 15 is 0 Å². The summed E-state index contributed by atoms with van der Waals surface area (Å²) in [6, 6.07) is 10.6. The molecule has 1 aromatic carbocycles. The Kier molecular flexibility index (Phi) is 2.90. The summed E-state index contributed by atoms with van der Waals surface area (Å²) in [6.45, 7) is 8.38. The normalized spacial score (nSPS) is 11.3. The number of aromatic amines is 1. The molecule has 2 heterocycles. The molecule has 0 fully saturated rings.